The SMILES string of the molecule is [C-]#[N+]c1csc(Cc2nc(O[C@H]3CCOC3)c3c(ccn3-c3cnn(C)c3)n2)c1. The summed E-state index contributed by atoms with van der Waals surface area (Å²) in [6, 6.07) is 3.85. The number of thiophene rings is 1. The monoisotopic (exact) mass is 406 g/mol. The average molecular weight is 406 g/mol. The zero-order valence-corrected chi connectivity index (χ0v) is 16.6. The fraction of sp³-hybridized carbons (Fsp3) is 0.300. The second kappa shape index (κ2) is 7.31. The maximum atomic E-state index is 7.15. The predicted octanol–water partition coefficient (Wildman–Crippen LogP) is 3.52. The second-order valence-corrected chi connectivity index (χ2v) is 7.90. The van der Waals surface area contributed by atoms with Crippen LogP contribution in [0.2, 0.25) is 0 Å². The van der Waals surface area contributed by atoms with E-state index in [1.807, 2.05) is 41.5 Å². The third-order valence-electron chi connectivity index (χ3n) is 4.78. The lowest BCUT2D eigenvalue weighted by Crippen LogP contribution is -2.18. The van der Waals surface area contributed by atoms with Crippen LogP contribution in [0.15, 0.2) is 36.1 Å². The first-order valence-corrected chi connectivity index (χ1v) is 10.1. The summed E-state index contributed by atoms with van der Waals surface area (Å²) in [5.41, 5.74) is 3.20. The summed E-state index contributed by atoms with van der Waals surface area (Å²) in [5.74, 6) is 1.23. The first kappa shape index (κ1) is 17.8. The third-order valence-corrected chi connectivity index (χ3v) is 5.71. The molecular weight excluding hydrogens is 388 g/mol. The zero-order chi connectivity index (χ0) is 19.8. The molecule has 0 radical (unpaired) electrons. The van der Waals surface area contributed by atoms with Crippen molar-refractivity contribution in [3.63, 3.8) is 0 Å². The topological polar surface area (TPSA) is 71.3 Å². The van der Waals surface area contributed by atoms with Gasteiger partial charge in [-0.2, -0.15) is 21.4 Å². The summed E-state index contributed by atoms with van der Waals surface area (Å²) < 4.78 is 15.5. The molecule has 0 spiro atoms. The van der Waals surface area contributed by atoms with Crippen molar-refractivity contribution in [3.8, 4) is 11.6 Å². The quantitative estimate of drug-likeness (QED) is 0.474. The van der Waals surface area contributed by atoms with E-state index in [1.165, 1.54) is 0 Å². The molecule has 0 aromatic carbocycles. The highest BCUT2D eigenvalue weighted by molar-refractivity contribution is 7.10. The van der Waals surface area contributed by atoms with E-state index in [9.17, 15) is 0 Å². The van der Waals surface area contributed by atoms with Crippen molar-refractivity contribution in [1.82, 2.24) is 24.3 Å². The molecule has 146 valence electrons. The number of fused-ring (bicyclic) bond motifs is 1. The van der Waals surface area contributed by atoms with E-state index in [2.05, 4.69) is 9.94 Å². The molecule has 5 rings (SSSR count). The van der Waals surface area contributed by atoms with Gasteiger partial charge in [0.2, 0.25) is 5.88 Å². The van der Waals surface area contributed by atoms with Crippen LogP contribution in [0.1, 0.15) is 17.1 Å². The van der Waals surface area contributed by atoms with Gasteiger partial charge in [0, 0.05) is 37.2 Å². The Balaban J connectivity index is 1.58. The van der Waals surface area contributed by atoms with Crippen LogP contribution in [0, 0.1) is 6.57 Å². The fourth-order valence-electron chi connectivity index (χ4n) is 3.41. The molecule has 0 saturated carbocycles. The highest BCUT2D eigenvalue weighted by Gasteiger charge is 2.22. The highest BCUT2D eigenvalue weighted by atomic mass is 32.1. The highest BCUT2D eigenvalue weighted by Crippen LogP contribution is 2.30. The molecule has 1 fully saturated rings. The van der Waals surface area contributed by atoms with Gasteiger partial charge in [-0.15, -0.1) is 0 Å². The van der Waals surface area contributed by atoms with Gasteiger partial charge in [-0.25, -0.2) is 9.83 Å². The summed E-state index contributed by atoms with van der Waals surface area (Å²) >= 11 is 1.55. The Hall–Kier alpha value is -3.22. The molecule has 29 heavy (non-hydrogen) atoms. The molecule has 8 nitrogen and oxygen atoms in total. The number of nitrogens with zero attached hydrogens (tertiary/aromatic N) is 6. The normalized spacial score (nSPS) is 16.3. The van der Waals surface area contributed by atoms with Crippen LogP contribution in [0.3, 0.4) is 0 Å². The summed E-state index contributed by atoms with van der Waals surface area (Å²) in [7, 11) is 1.88. The number of aryl methyl sites for hydroxylation is 1. The molecular formula is C20H18N6O2S. The molecule has 1 saturated heterocycles. The predicted molar refractivity (Wildman–Crippen MR) is 109 cm³/mol. The van der Waals surface area contributed by atoms with Crippen LogP contribution in [-0.4, -0.2) is 43.6 Å². The molecule has 0 unspecified atom stereocenters. The minimum Gasteiger partial charge on any atom is -0.470 e. The van der Waals surface area contributed by atoms with Gasteiger partial charge in [0.25, 0.3) is 0 Å². The Bertz CT molecular complexity index is 1210. The minimum absolute atomic E-state index is 0.0198. The van der Waals surface area contributed by atoms with Crippen LogP contribution < -0.4 is 4.74 Å². The second-order valence-electron chi connectivity index (χ2n) is 6.90. The number of rotatable bonds is 5. The number of hydrogen-bond donors (Lipinski definition) is 0. The average Bonchev–Trinajstić information content (AvgIpc) is 3.48. The maximum absolute atomic E-state index is 7.15. The molecule has 5 heterocycles. The van der Waals surface area contributed by atoms with E-state index < -0.39 is 0 Å². The van der Waals surface area contributed by atoms with Crippen LogP contribution in [0.5, 0.6) is 5.88 Å². The standard InChI is InChI=1S/C20H18N6O2S/c1-21-13-7-16(29-12-13)8-18-23-17-3-5-26(14-9-22-25(2)10-14)19(17)20(24-18)28-15-4-6-27-11-15/h3,5,7,9-10,12,15H,4,6,8,11H2,2H3/t15-/m0/s1. The van der Waals surface area contributed by atoms with Crippen molar-refractivity contribution in [2.24, 2.45) is 7.05 Å². The lowest BCUT2D eigenvalue weighted by Gasteiger charge is -2.14. The molecule has 0 bridgehead atoms. The molecule has 1 atom stereocenters. The van der Waals surface area contributed by atoms with Crippen molar-refractivity contribution >= 4 is 28.1 Å². The van der Waals surface area contributed by atoms with Gasteiger partial charge < -0.3 is 14.0 Å². The molecule has 0 N–H and O–H groups in total. The van der Waals surface area contributed by atoms with Crippen molar-refractivity contribution in [3.05, 3.63) is 58.2 Å². The molecule has 0 aliphatic carbocycles. The van der Waals surface area contributed by atoms with Gasteiger partial charge in [-0.3, -0.25) is 4.68 Å². The van der Waals surface area contributed by atoms with E-state index in [4.69, 9.17) is 26.0 Å². The summed E-state index contributed by atoms with van der Waals surface area (Å²) in [4.78, 5) is 14.0. The Morgan fingerprint density at radius 2 is 2.34 bits per heavy atom. The Labute approximate surface area is 171 Å². The number of ether oxygens (including phenoxy) is 2. The molecule has 9 heteroatoms. The van der Waals surface area contributed by atoms with Crippen molar-refractivity contribution in [2.75, 3.05) is 13.2 Å². The molecule has 0 amide bonds. The molecule has 1 aliphatic rings. The lowest BCUT2D eigenvalue weighted by molar-refractivity contribution is 0.139. The summed E-state index contributed by atoms with van der Waals surface area (Å²) in [6.07, 6.45) is 7.08. The third kappa shape index (κ3) is 3.48. The van der Waals surface area contributed by atoms with Crippen LogP contribution in [0.4, 0.5) is 5.69 Å². The van der Waals surface area contributed by atoms with E-state index in [1.54, 1.807) is 22.2 Å². The zero-order valence-electron chi connectivity index (χ0n) is 15.8. The Kier molecular flexibility index (Phi) is 4.50. The molecule has 4 aromatic rings. The molecule has 1 aliphatic heterocycles. The van der Waals surface area contributed by atoms with Crippen LogP contribution in [0.25, 0.3) is 21.6 Å². The minimum atomic E-state index is -0.0198. The van der Waals surface area contributed by atoms with E-state index >= 15 is 0 Å². The summed E-state index contributed by atoms with van der Waals surface area (Å²) in [5, 5.41) is 6.12. The van der Waals surface area contributed by atoms with Gasteiger partial charge in [-0.05, 0) is 17.5 Å². The summed E-state index contributed by atoms with van der Waals surface area (Å²) in [6.45, 7) is 8.41. The Morgan fingerprint density at radius 1 is 1.41 bits per heavy atom. The lowest BCUT2D eigenvalue weighted by atomic mass is 10.3. The van der Waals surface area contributed by atoms with Crippen molar-refractivity contribution < 1.29 is 9.47 Å². The van der Waals surface area contributed by atoms with E-state index in [0.29, 0.717) is 37.0 Å². The number of aromatic nitrogens is 5. The van der Waals surface area contributed by atoms with Crippen LogP contribution in [-0.2, 0) is 18.2 Å². The van der Waals surface area contributed by atoms with Gasteiger partial charge in [-0.1, -0.05) is 0 Å². The van der Waals surface area contributed by atoms with Gasteiger partial charge in [0.15, 0.2) is 5.69 Å². The largest absolute Gasteiger partial charge is 0.470 e. The maximum Gasteiger partial charge on any atom is 0.242 e. The van der Waals surface area contributed by atoms with Gasteiger partial charge in [0.05, 0.1) is 37.2 Å². The van der Waals surface area contributed by atoms with Crippen molar-refractivity contribution in [2.45, 2.75) is 18.9 Å². The Morgan fingerprint density at radius 3 is 3.07 bits per heavy atom. The number of hydrogen-bond acceptors (Lipinski definition) is 6. The first-order chi connectivity index (χ1) is 14.2. The van der Waals surface area contributed by atoms with Gasteiger partial charge >= 0.3 is 0 Å². The van der Waals surface area contributed by atoms with Crippen LogP contribution >= 0.6 is 11.3 Å². The van der Waals surface area contributed by atoms with Gasteiger partial charge in [0.1, 0.15) is 17.4 Å². The first-order valence-electron chi connectivity index (χ1n) is 9.26. The fourth-order valence-corrected chi connectivity index (χ4v) is 4.20. The van der Waals surface area contributed by atoms with E-state index in [-0.39, 0.29) is 6.10 Å². The molecule has 4 aromatic heterocycles. The smallest absolute Gasteiger partial charge is 0.242 e. The van der Waals surface area contributed by atoms with Crippen molar-refractivity contribution in [1.29, 1.82) is 0 Å². The van der Waals surface area contributed by atoms with E-state index in [0.717, 1.165) is 28.0 Å².